The second-order valence-corrected chi connectivity index (χ2v) is 6.05. The molecule has 1 fully saturated rings. The van der Waals surface area contributed by atoms with Crippen LogP contribution in [0.3, 0.4) is 0 Å². The zero-order valence-electron chi connectivity index (χ0n) is 14.4. The lowest BCUT2D eigenvalue weighted by atomic mass is 10.0. The summed E-state index contributed by atoms with van der Waals surface area (Å²) in [7, 11) is 2.04. The van der Waals surface area contributed by atoms with E-state index in [0.29, 0.717) is 25.0 Å². The number of likely N-dealkylation sites (tertiary alicyclic amines) is 1. The molecule has 8 nitrogen and oxygen atoms in total. The van der Waals surface area contributed by atoms with Crippen LogP contribution in [-0.2, 0) is 4.79 Å². The molecule has 3 rings (SSSR count). The molecule has 2 aromatic heterocycles. The molecule has 3 heterocycles. The lowest BCUT2D eigenvalue weighted by Gasteiger charge is -2.37. The van der Waals surface area contributed by atoms with Gasteiger partial charge in [0.15, 0.2) is 5.82 Å². The van der Waals surface area contributed by atoms with Crippen LogP contribution in [0.1, 0.15) is 19.3 Å². The largest absolute Gasteiger partial charge is 0.355 e. The standard InChI is InChI=1S/C17H23N7O/c1-23(15-4-2-10-21-22-15)14-6-12-24(13-7-14)16(25)5-11-20-17-18-8-3-9-19-17/h2-4,8-10,14H,5-7,11-13H2,1H3,(H,18,19,20). The van der Waals surface area contributed by atoms with Crippen molar-refractivity contribution in [3.05, 3.63) is 36.8 Å². The first kappa shape index (κ1) is 17.1. The summed E-state index contributed by atoms with van der Waals surface area (Å²) in [6, 6.07) is 6.00. The van der Waals surface area contributed by atoms with Crippen LogP contribution in [0.15, 0.2) is 36.8 Å². The van der Waals surface area contributed by atoms with Gasteiger partial charge in [0.25, 0.3) is 0 Å². The lowest BCUT2D eigenvalue weighted by molar-refractivity contribution is -0.131. The second-order valence-electron chi connectivity index (χ2n) is 6.05. The van der Waals surface area contributed by atoms with E-state index in [4.69, 9.17) is 0 Å². The summed E-state index contributed by atoms with van der Waals surface area (Å²) < 4.78 is 0. The summed E-state index contributed by atoms with van der Waals surface area (Å²) in [5, 5.41) is 11.2. The van der Waals surface area contributed by atoms with E-state index in [-0.39, 0.29) is 5.91 Å². The lowest BCUT2D eigenvalue weighted by Crippen LogP contribution is -2.46. The van der Waals surface area contributed by atoms with Gasteiger partial charge < -0.3 is 15.1 Å². The number of aromatic nitrogens is 4. The number of nitrogens with zero attached hydrogens (tertiary/aromatic N) is 6. The minimum absolute atomic E-state index is 0.170. The van der Waals surface area contributed by atoms with Gasteiger partial charge in [0, 0.05) is 57.7 Å². The first-order chi connectivity index (χ1) is 12.2. The first-order valence-corrected chi connectivity index (χ1v) is 8.53. The minimum Gasteiger partial charge on any atom is -0.355 e. The number of hydrogen-bond donors (Lipinski definition) is 1. The predicted molar refractivity (Wildman–Crippen MR) is 95.2 cm³/mol. The number of carbonyl (C=O) groups is 1. The van der Waals surface area contributed by atoms with Gasteiger partial charge >= 0.3 is 0 Å². The fourth-order valence-corrected chi connectivity index (χ4v) is 3.00. The van der Waals surface area contributed by atoms with Crippen LogP contribution in [0.4, 0.5) is 11.8 Å². The van der Waals surface area contributed by atoms with E-state index in [1.54, 1.807) is 24.7 Å². The Kier molecular flexibility index (Phi) is 5.71. The molecule has 0 radical (unpaired) electrons. The highest BCUT2D eigenvalue weighted by atomic mass is 16.2. The molecule has 0 bridgehead atoms. The molecule has 0 spiro atoms. The minimum atomic E-state index is 0.170. The molecule has 25 heavy (non-hydrogen) atoms. The van der Waals surface area contributed by atoms with Crippen LogP contribution in [0, 0.1) is 0 Å². The molecule has 0 unspecified atom stereocenters. The average Bonchev–Trinajstić information content (AvgIpc) is 2.69. The quantitative estimate of drug-likeness (QED) is 0.844. The summed E-state index contributed by atoms with van der Waals surface area (Å²) in [5.74, 6) is 1.60. The van der Waals surface area contributed by atoms with Gasteiger partial charge in [-0.3, -0.25) is 4.79 Å². The molecule has 0 aliphatic carbocycles. The average molecular weight is 341 g/mol. The SMILES string of the molecule is CN(c1cccnn1)C1CCN(C(=O)CCNc2ncccn2)CC1. The van der Waals surface area contributed by atoms with Crippen molar-refractivity contribution in [2.75, 3.05) is 36.9 Å². The smallest absolute Gasteiger partial charge is 0.224 e. The Morgan fingerprint density at radius 1 is 1.24 bits per heavy atom. The maximum atomic E-state index is 12.3. The molecule has 0 atom stereocenters. The van der Waals surface area contributed by atoms with E-state index in [0.717, 1.165) is 31.7 Å². The number of hydrogen-bond acceptors (Lipinski definition) is 7. The van der Waals surface area contributed by atoms with Crippen molar-refractivity contribution in [2.45, 2.75) is 25.3 Å². The maximum absolute atomic E-state index is 12.3. The van der Waals surface area contributed by atoms with Crippen LogP contribution < -0.4 is 10.2 Å². The number of carbonyl (C=O) groups excluding carboxylic acids is 1. The molecule has 0 saturated carbocycles. The molecule has 1 N–H and O–H groups in total. The van der Waals surface area contributed by atoms with Gasteiger partial charge in [-0.25, -0.2) is 9.97 Å². The number of nitrogens with one attached hydrogen (secondary N) is 1. The zero-order chi connectivity index (χ0) is 17.5. The predicted octanol–water partition coefficient (Wildman–Crippen LogP) is 1.20. The van der Waals surface area contributed by atoms with E-state index in [9.17, 15) is 4.79 Å². The normalized spacial score (nSPS) is 15.0. The van der Waals surface area contributed by atoms with Crippen LogP contribution in [0.5, 0.6) is 0 Å². The van der Waals surface area contributed by atoms with E-state index in [2.05, 4.69) is 30.4 Å². The van der Waals surface area contributed by atoms with Crippen LogP contribution in [0.2, 0.25) is 0 Å². The van der Waals surface area contributed by atoms with Crippen molar-refractivity contribution in [3.8, 4) is 0 Å². The van der Waals surface area contributed by atoms with Gasteiger partial charge in [-0.15, -0.1) is 5.10 Å². The molecule has 0 aromatic carbocycles. The first-order valence-electron chi connectivity index (χ1n) is 8.53. The van der Waals surface area contributed by atoms with Crippen LogP contribution in [-0.4, -0.2) is 63.7 Å². The molecule has 1 amide bonds. The topological polar surface area (TPSA) is 87.1 Å². The fourth-order valence-electron chi connectivity index (χ4n) is 3.00. The highest BCUT2D eigenvalue weighted by molar-refractivity contribution is 5.76. The molecular formula is C17H23N7O. The highest BCUT2D eigenvalue weighted by Crippen LogP contribution is 2.20. The number of amides is 1. The molecular weight excluding hydrogens is 318 g/mol. The molecule has 1 aliphatic heterocycles. The van der Waals surface area contributed by atoms with Gasteiger partial charge in [-0.1, -0.05) is 0 Å². The van der Waals surface area contributed by atoms with Crippen LogP contribution in [0.25, 0.3) is 0 Å². The maximum Gasteiger partial charge on any atom is 0.224 e. The molecule has 2 aromatic rings. The van der Waals surface area contributed by atoms with Crippen molar-refractivity contribution >= 4 is 17.7 Å². The summed E-state index contributed by atoms with van der Waals surface area (Å²) in [4.78, 5) is 24.6. The van der Waals surface area contributed by atoms with E-state index in [1.165, 1.54) is 0 Å². The number of rotatable bonds is 6. The van der Waals surface area contributed by atoms with Gasteiger partial charge in [-0.05, 0) is 31.0 Å². The Hall–Kier alpha value is -2.77. The van der Waals surface area contributed by atoms with E-state index >= 15 is 0 Å². The summed E-state index contributed by atoms with van der Waals surface area (Å²) in [6.07, 6.45) is 7.35. The Labute approximate surface area is 147 Å². The third-order valence-electron chi connectivity index (χ3n) is 4.47. The monoisotopic (exact) mass is 341 g/mol. The van der Waals surface area contributed by atoms with Crippen molar-refractivity contribution in [3.63, 3.8) is 0 Å². The van der Waals surface area contributed by atoms with E-state index < -0.39 is 0 Å². The van der Waals surface area contributed by atoms with Gasteiger partial charge in [0.1, 0.15) is 0 Å². The zero-order valence-corrected chi connectivity index (χ0v) is 14.4. The molecule has 1 aliphatic rings. The van der Waals surface area contributed by atoms with E-state index in [1.807, 2.05) is 24.1 Å². The summed E-state index contributed by atoms with van der Waals surface area (Å²) >= 11 is 0. The fraction of sp³-hybridized carbons (Fsp3) is 0.471. The van der Waals surface area contributed by atoms with Crippen molar-refractivity contribution in [2.24, 2.45) is 0 Å². The van der Waals surface area contributed by atoms with Gasteiger partial charge in [-0.2, -0.15) is 5.10 Å². The van der Waals surface area contributed by atoms with Crippen LogP contribution >= 0.6 is 0 Å². The number of piperidine rings is 1. The molecule has 8 heteroatoms. The summed E-state index contributed by atoms with van der Waals surface area (Å²) in [6.45, 7) is 2.09. The molecule has 1 saturated heterocycles. The Balaban J connectivity index is 1.41. The van der Waals surface area contributed by atoms with Gasteiger partial charge in [0.05, 0.1) is 0 Å². The Bertz CT molecular complexity index is 659. The van der Waals surface area contributed by atoms with Crippen molar-refractivity contribution < 1.29 is 4.79 Å². The Morgan fingerprint density at radius 3 is 2.68 bits per heavy atom. The third kappa shape index (κ3) is 4.62. The second kappa shape index (κ2) is 8.36. The Morgan fingerprint density at radius 2 is 2.00 bits per heavy atom. The molecule has 132 valence electrons. The highest BCUT2D eigenvalue weighted by Gasteiger charge is 2.25. The summed E-state index contributed by atoms with van der Waals surface area (Å²) in [5.41, 5.74) is 0. The van der Waals surface area contributed by atoms with Gasteiger partial charge in [0.2, 0.25) is 11.9 Å². The van der Waals surface area contributed by atoms with Crippen molar-refractivity contribution in [1.82, 2.24) is 25.1 Å². The number of anilines is 2. The third-order valence-corrected chi connectivity index (χ3v) is 4.47. The van der Waals surface area contributed by atoms with Crippen molar-refractivity contribution in [1.29, 1.82) is 0 Å².